The monoisotopic (exact) mass is 400 g/mol. The van der Waals surface area contributed by atoms with E-state index in [1.807, 2.05) is 19.3 Å². The molecule has 0 spiro atoms. The first-order valence-electron chi connectivity index (χ1n) is 10.5. The lowest BCUT2D eigenvalue weighted by Gasteiger charge is -2.32. The lowest BCUT2D eigenvalue weighted by Crippen LogP contribution is -2.48. The molecule has 0 aliphatic carbocycles. The number of aliphatic imine (C=N–C) groups is 1. The van der Waals surface area contributed by atoms with Gasteiger partial charge in [0.2, 0.25) is 5.90 Å². The van der Waals surface area contributed by atoms with E-state index in [1.165, 1.54) is 6.42 Å². The van der Waals surface area contributed by atoms with Crippen LogP contribution in [0.1, 0.15) is 12.8 Å². The maximum atomic E-state index is 6.25. The van der Waals surface area contributed by atoms with Gasteiger partial charge in [0.1, 0.15) is 5.82 Å². The van der Waals surface area contributed by atoms with E-state index >= 15 is 0 Å². The van der Waals surface area contributed by atoms with E-state index in [0.717, 1.165) is 81.9 Å². The molecule has 1 N–H and O–H groups in total. The van der Waals surface area contributed by atoms with Crippen LogP contribution >= 0.6 is 0 Å². The molecule has 8 heteroatoms. The third-order valence-corrected chi connectivity index (χ3v) is 5.78. The third kappa shape index (κ3) is 4.88. The molecular weight excluding hydrogens is 368 g/mol. The van der Waals surface area contributed by atoms with Crippen molar-refractivity contribution in [2.75, 3.05) is 71.5 Å². The summed E-state index contributed by atoms with van der Waals surface area (Å²) in [5, 5.41) is 2.22. The van der Waals surface area contributed by atoms with E-state index < -0.39 is 0 Å². The molecule has 1 unspecified atom stereocenters. The zero-order valence-electron chi connectivity index (χ0n) is 17.5. The van der Waals surface area contributed by atoms with Gasteiger partial charge in [0.15, 0.2) is 0 Å². The number of likely N-dealkylation sites (tertiary alicyclic amines) is 1. The van der Waals surface area contributed by atoms with Gasteiger partial charge in [0.25, 0.3) is 0 Å². The van der Waals surface area contributed by atoms with Crippen LogP contribution in [0.3, 0.4) is 0 Å². The van der Waals surface area contributed by atoms with E-state index in [1.54, 1.807) is 6.20 Å². The predicted octanol–water partition coefficient (Wildman–Crippen LogP) is 1.34. The molecule has 2 fully saturated rings. The number of hydrazine groups is 1. The first kappa shape index (κ1) is 20.1. The van der Waals surface area contributed by atoms with Crippen molar-refractivity contribution in [2.24, 2.45) is 10.9 Å². The molecule has 0 radical (unpaired) electrons. The Labute approximate surface area is 173 Å². The quantitative estimate of drug-likeness (QED) is 0.571. The van der Waals surface area contributed by atoms with Crippen LogP contribution < -0.4 is 10.3 Å². The molecule has 8 nitrogen and oxygen atoms in total. The highest BCUT2D eigenvalue weighted by atomic mass is 16.5. The summed E-state index contributed by atoms with van der Waals surface area (Å²) in [4.78, 5) is 13.5. The second-order valence-corrected chi connectivity index (χ2v) is 7.91. The van der Waals surface area contributed by atoms with Gasteiger partial charge >= 0.3 is 0 Å². The van der Waals surface area contributed by atoms with Crippen LogP contribution in [-0.4, -0.2) is 87.4 Å². The molecular formula is C21H32N6O2. The Hall–Kier alpha value is -2.16. The lowest BCUT2D eigenvalue weighted by molar-refractivity contribution is 0.0182. The van der Waals surface area contributed by atoms with Crippen molar-refractivity contribution in [1.29, 1.82) is 0 Å². The molecule has 0 saturated carbocycles. The summed E-state index contributed by atoms with van der Waals surface area (Å²) in [6, 6.07) is 4.07. The number of anilines is 1. The normalized spacial score (nSPS) is 24.4. The number of morpholine rings is 1. The fourth-order valence-corrected chi connectivity index (χ4v) is 4.20. The summed E-state index contributed by atoms with van der Waals surface area (Å²) >= 11 is 0. The minimum absolute atomic E-state index is 0.573. The van der Waals surface area contributed by atoms with Crippen molar-refractivity contribution in [3.05, 3.63) is 35.9 Å². The Morgan fingerprint density at radius 1 is 1.31 bits per heavy atom. The fraction of sp³-hybridized carbons (Fsp3) is 0.619. The highest BCUT2D eigenvalue weighted by Gasteiger charge is 2.30. The highest BCUT2D eigenvalue weighted by molar-refractivity contribution is 5.95. The average Bonchev–Trinajstić information content (AvgIpc) is 3.36. The number of nitrogens with one attached hydrogen (secondary N) is 1. The molecule has 4 heterocycles. The van der Waals surface area contributed by atoms with E-state index in [9.17, 15) is 0 Å². The maximum absolute atomic E-state index is 6.25. The van der Waals surface area contributed by atoms with Crippen LogP contribution in [0.2, 0.25) is 0 Å². The lowest BCUT2D eigenvalue weighted by atomic mass is 10.1. The summed E-state index contributed by atoms with van der Waals surface area (Å²) in [5.41, 5.74) is 5.84. The van der Waals surface area contributed by atoms with E-state index in [0.29, 0.717) is 5.92 Å². The number of aromatic nitrogens is 1. The summed E-state index contributed by atoms with van der Waals surface area (Å²) in [7, 11) is 3.99. The molecule has 0 aromatic carbocycles. The smallest absolute Gasteiger partial charge is 0.215 e. The second kappa shape index (κ2) is 9.56. The predicted molar refractivity (Wildman–Crippen MR) is 114 cm³/mol. The van der Waals surface area contributed by atoms with Crippen LogP contribution in [0, 0.1) is 5.92 Å². The Bertz CT molecular complexity index is 732. The Morgan fingerprint density at radius 2 is 2.17 bits per heavy atom. The molecule has 0 amide bonds. The molecule has 29 heavy (non-hydrogen) atoms. The van der Waals surface area contributed by atoms with Gasteiger partial charge in [-0.15, -0.1) is 0 Å². The van der Waals surface area contributed by atoms with Gasteiger partial charge in [-0.1, -0.05) is 0 Å². The van der Waals surface area contributed by atoms with Crippen LogP contribution in [0.15, 0.2) is 40.9 Å². The molecule has 3 aliphatic rings. The van der Waals surface area contributed by atoms with Crippen LogP contribution in [-0.2, 0) is 9.47 Å². The van der Waals surface area contributed by atoms with E-state index in [-0.39, 0.29) is 0 Å². The third-order valence-electron chi connectivity index (χ3n) is 5.78. The largest absolute Gasteiger partial charge is 0.477 e. The average molecular weight is 401 g/mol. The van der Waals surface area contributed by atoms with Gasteiger partial charge in [0, 0.05) is 45.3 Å². The molecule has 1 atom stereocenters. The van der Waals surface area contributed by atoms with Gasteiger partial charge in [-0.25, -0.2) is 5.01 Å². The Kier molecular flexibility index (Phi) is 6.63. The first-order valence-corrected chi connectivity index (χ1v) is 10.5. The summed E-state index contributed by atoms with van der Waals surface area (Å²) in [6.45, 7) is 7.02. The molecule has 1 aromatic rings. The van der Waals surface area contributed by atoms with Crippen LogP contribution in [0.4, 0.5) is 5.69 Å². The SMILES string of the molecule is CN=C(OCC1CCN(C)C1)C1=C(NN2CCOCC2)N(c2cccnc2)CC1. The fourth-order valence-electron chi connectivity index (χ4n) is 4.20. The van der Waals surface area contributed by atoms with Crippen LogP contribution in [0.25, 0.3) is 0 Å². The van der Waals surface area contributed by atoms with Crippen molar-refractivity contribution in [1.82, 2.24) is 20.3 Å². The maximum Gasteiger partial charge on any atom is 0.215 e. The zero-order chi connectivity index (χ0) is 20.1. The number of ether oxygens (including phenoxy) is 2. The van der Waals surface area contributed by atoms with Gasteiger partial charge in [-0.05, 0) is 38.6 Å². The van der Waals surface area contributed by atoms with E-state index in [4.69, 9.17) is 9.47 Å². The van der Waals surface area contributed by atoms with Crippen molar-refractivity contribution in [3.63, 3.8) is 0 Å². The van der Waals surface area contributed by atoms with Crippen molar-refractivity contribution in [3.8, 4) is 0 Å². The zero-order valence-corrected chi connectivity index (χ0v) is 17.5. The Morgan fingerprint density at radius 3 is 2.86 bits per heavy atom. The van der Waals surface area contributed by atoms with Crippen molar-refractivity contribution in [2.45, 2.75) is 12.8 Å². The first-order chi connectivity index (χ1) is 14.2. The van der Waals surface area contributed by atoms with Crippen LogP contribution in [0.5, 0.6) is 0 Å². The van der Waals surface area contributed by atoms with E-state index in [2.05, 4.69) is 43.3 Å². The van der Waals surface area contributed by atoms with Crippen molar-refractivity contribution >= 4 is 11.6 Å². The standard InChI is InChI=1S/C21H32N6O2/c1-22-21(29-16-17-5-8-25(2)15-17)19-6-9-27(18-4-3-7-23-14-18)20(19)24-26-10-12-28-13-11-26/h3-4,7,14,17,24H,5-6,8-13,15-16H2,1-2H3. The highest BCUT2D eigenvalue weighted by Crippen LogP contribution is 2.29. The summed E-state index contributed by atoms with van der Waals surface area (Å²) < 4.78 is 11.8. The Balaban J connectivity index is 1.54. The summed E-state index contributed by atoms with van der Waals surface area (Å²) in [5.74, 6) is 2.37. The van der Waals surface area contributed by atoms with Gasteiger partial charge in [-0.3, -0.25) is 9.98 Å². The molecule has 1 aromatic heterocycles. The number of pyridine rings is 1. The number of nitrogens with zero attached hydrogens (tertiary/aromatic N) is 5. The molecule has 2 saturated heterocycles. The number of hydrogen-bond donors (Lipinski definition) is 1. The molecule has 3 aliphatic heterocycles. The minimum Gasteiger partial charge on any atom is -0.477 e. The number of rotatable bonds is 6. The van der Waals surface area contributed by atoms with Gasteiger partial charge in [0.05, 0.1) is 37.3 Å². The van der Waals surface area contributed by atoms with Crippen molar-refractivity contribution < 1.29 is 9.47 Å². The molecule has 4 rings (SSSR count). The topological polar surface area (TPSA) is 65.5 Å². The van der Waals surface area contributed by atoms with Gasteiger partial charge < -0.3 is 24.7 Å². The molecule has 158 valence electrons. The van der Waals surface area contributed by atoms with Gasteiger partial charge in [-0.2, -0.15) is 0 Å². The minimum atomic E-state index is 0.573. The summed E-state index contributed by atoms with van der Waals surface area (Å²) in [6.07, 6.45) is 5.79. The molecule has 0 bridgehead atoms. The second-order valence-electron chi connectivity index (χ2n) is 7.91. The number of hydrogen-bond acceptors (Lipinski definition) is 8.